The first kappa shape index (κ1) is 15.7. The smallest absolute Gasteiger partial charge is 0.224 e. The van der Waals surface area contributed by atoms with Gasteiger partial charge < -0.3 is 16.4 Å². The molecule has 4 nitrogen and oxygen atoms in total. The van der Waals surface area contributed by atoms with Gasteiger partial charge in [0.05, 0.1) is 11.4 Å². The van der Waals surface area contributed by atoms with Crippen LogP contribution in [0.15, 0.2) is 12.1 Å². The second-order valence-corrected chi connectivity index (χ2v) is 6.68. The summed E-state index contributed by atoms with van der Waals surface area (Å²) in [6.45, 7) is 9.97. The highest BCUT2D eigenvalue weighted by molar-refractivity contribution is 5.95. The summed E-state index contributed by atoms with van der Waals surface area (Å²) >= 11 is 0. The van der Waals surface area contributed by atoms with Crippen molar-refractivity contribution in [3.63, 3.8) is 0 Å². The number of nitrogen functional groups attached to an aromatic ring is 1. The highest BCUT2D eigenvalue weighted by atomic mass is 16.1. The molecule has 0 aliphatic carbocycles. The number of benzene rings is 1. The maximum Gasteiger partial charge on any atom is 0.224 e. The monoisotopic (exact) mass is 289 g/mol. The number of fused-ring (bicyclic) bond motifs is 1. The van der Waals surface area contributed by atoms with E-state index >= 15 is 0 Å². The lowest BCUT2D eigenvalue weighted by Crippen LogP contribution is -2.25. The Balaban J connectivity index is 2.12. The van der Waals surface area contributed by atoms with Crippen molar-refractivity contribution >= 4 is 23.0 Å². The molecule has 1 aliphatic heterocycles. The topological polar surface area (TPSA) is 67.2 Å². The Hall–Kier alpha value is -1.71. The zero-order valence-electron chi connectivity index (χ0n) is 13.5. The summed E-state index contributed by atoms with van der Waals surface area (Å²) in [7, 11) is 0. The summed E-state index contributed by atoms with van der Waals surface area (Å²) in [6.07, 6.45) is 1.34. The third-order valence-corrected chi connectivity index (χ3v) is 4.41. The van der Waals surface area contributed by atoms with Crippen molar-refractivity contribution in [3.05, 3.63) is 17.7 Å². The van der Waals surface area contributed by atoms with Crippen LogP contribution in [0.3, 0.4) is 0 Å². The van der Waals surface area contributed by atoms with E-state index in [-0.39, 0.29) is 5.91 Å². The van der Waals surface area contributed by atoms with Gasteiger partial charge in [-0.2, -0.15) is 0 Å². The van der Waals surface area contributed by atoms with Crippen molar-refractivity contribution in [2.24, 2.45) is 17.8 Å². The first-order valence-corrected chi connectivity index (χ1v) is 7.84. The van der Waals surface area contributed by atoms with E-state index in [9.17, 15) is 4.79 Å². The summed E-state index contributed by atoms with van der Waals surface area (Å²) in [5.41, 5.74) is 9.82. The fourth-order valence-electron chi connectivity index (χ4n) is 3.07. The molecule has 4 heteroatoms. The van der Waals surface area contributed by atoms with Crippen LogP contribution in [0.4, 0.5) is 17.1 Å². The molecule has 1 aliphatic rings. The normalized spacial score (nSPS) is 14.5. The molecule has 0 radical (unpaired) electrons. The largest absolute Gasteiger partial charge is 0.397 e. The number of rotatable bonds is 5. The fraction of sp³-hybridized carbons (Fsp3) is 0.588. The van der Waals surface area contributed by atoms with Gasteiger partial charge in [0.25, 0.3) is 0 Å². The molecule has 2 rings (SSSR count). The van der Waals surface area contributed by atoms with E-state index in [4.69, 9.17) is 5.73 Å². The minimum atomic E-state index is 0.0716. The number of anilines is 3. The Morgan fingerprint density at radius 1 is 1.19 bits per heavy atom. The number of hydrogen-bond donors (Lipinski definition) is 3. The molecule has 0 aromatic heterocycles. The van der Waals surface area contributed by atoms with E-state index in [1.54, 1.807) is 0 Å². The molecule has 1 aromatic rings. The Bertz CT molecular complexity index is 515. The Morgan fingerprint density at radius 2 is 1.86 bits per heavy atom. The molecule has 1 heterocycles. The lowest BCUT2D eigenvalue weighted by atomic mass is 9.85. The van der Waals surface area contributed by atoms with E-state index in [1.807, 2.05) is 6.07 Å². The first-order chi connectivity index (χ1) is 9.88. The molecular formula is C17H27N3O. The van der Waals surface area contributed by atoms with Crippen molar-refractivity contribution in [1.82, 2.24) is 0 Å². The van der Waals surface area contributed by atoms with Crippen LogP contribution in [0.5, 0.6) is 0 Å². The first-order valence-electron chi connectivity index (χ1n) is 7.84. The van der Waals surface area contributed by atoms with E-state index in [2.05, 4.69) is 44.4 Å². The molecule has 0 spiro atoms. The van der Waals surface area contributed by atoms with Crippen molar-refractivity contribution < 1.29 is 4.79 Å². The molecule has 0 bridgehead atoms. The molecule has 0 saturated carbocycles. The molecule has 0 fully saturated rings. The van der Waals surface area contributed by atoms with Gasteiger partial charge in [-0.25, -0.2) is 0 Å². The minimum Gasteiger partial charge on any atom is -0.397 e. The van der Waals surface area contributed by atoms with Crippen molar-refractivity contribution in [2.45, 2.75) is 40.5 Å². The molecule has 1 aromatic carbocycles. The number of nitrogens with one attached hydrogen (secondary N) is 2. The Morgan fingerprint density at radius 3 is 2.48 bits per heavy atom. The van der Waals surface area contributed by atoms with Crippen LogP contribution in [0.1, 0.15) is 39.7 Å². The van der Waals surface area contributed by atoms with Gasteiger partial charge in [-0.3, -0.25) is 4.79 Å². The van der Waals surface area contributed by atoms with Gasteiger partial charge in [-0.05, 0) is 41.9 Å². The minimum absolute atomic E-state index is 0.0716. The second-order valence-electron chi connectivity index (χ2n) is 6.68. The van der Waals surface area contributed by atoms with Crippen LogP contribution in [-0.2, 0) is 11.2 Å². The molecule has 116 valence electrons. The number of aryl methyl sites for hydroxylation is 1. The van der Waals surface area contributed by atoms with Gasteiger partial charge in [0.2, 0.25) is 5.91 Å². The van der Waals surface area contributed by atoms with Gasteiger partial charge in [0.15, 0.2) is 0 Å². The van der Waals surface area contributed by atoms with Crippen LogP contribution < -0.4 is 16.4 Å². The van der Waals surface area contributed by atoms with Crippen LogP contribution >= 0.6 is 0 Å². The molecular weight excluding hydrogens is 262 g/mol. The highest BCUT2D eigenvalue weighted by Crippen LogP contribution is 2.31. The standard InChI is InChI=1S/C17H27N3O/c1-10(2)13(11(3)4)9-19-16-7-12-5-6-17(21)20-15(12)8-14(16)18/h7-8,10-11,13,19H,5-6,9,18H2,1-4H3,(H,20,21). The Kier molecular flexibility index (Phi) is 4.76. The summed E-state index contributed by atoms with van der Waals surface area (Å²) in [4.78, 5) is 11.4. The molecule has 0 atom stereocenters. The molecule has 0 unspecified atom stereocenters. The third-order valence-electron chi connectivity index (χ3n) is 4.41. The zero-order valence-corrected chi connectivity index (χ0v) is 13.5. The Labute approximate surface area is 127 Å². The number of amides is 1. The van der Waals surface area contributed by atoms with Gasteiger partial charge in [-0.1, -0.05) is 27.7 Å². The van der Waals surface area contributed by atoms with Gasteiger partial charge in [0.1, 0.15) is 0 Å². The fourth-order valence-corrected chi connectivity index (χ4v) is 3.07. The molecule has 21 heavy (non-hydrogen) atoms. The van der Waals surface area contributed by atoms with Crippen LogP contribution in [0.25, 0.3) is 0 Å². The second kappa shape index (κ2) is 6.37. The van der Waals surface area contributed by atoms with Crippen LogP contribution in [0, 0.1) is 17.8 Å². The van der Waals surface area contributed by atoms with Crippen molar-refractivity contribution in [2.75, 3.05) is 22.9 Å². The van der Waals surface area contributed by atoms with Gasteiger partial charge in [0, 0.05) is 18.7 Å². The van der Waals surface area contributed by atoms with E-state index in [0.717, 1.165) is 29.9 Å². The zero-order chi connectivity index (χ0) is 15.6. The summed E-state index contributed by atoms with van der Waals surface area (Å²) < 4.78 is 0. The van der Waals surface area contributed by atoms with Gasteiger partial charge >= 0.3 is 0 Å². The lowest BCUT2D eigenvalue weighted by Gasteiger charge is -2.26. The predicted molar refractivity (Wildman–Crippen MR) is 89.5 cm³/mol. The van der Waals surface area contributed by atoms with E-state index in [0.29, 0.717) is 29.9 Å². The van der Waals surface area contributed by atoms with E-state index in [1.165, 1.54) is 0 Å². The summed E-state index contributed by atoms with van der Waals surface area (Å²) in [6, 6.07) is 3.95. The lowest BCUT2D eigenvalue weighted by molar-refractivity contribution is -0.116. The summed E-state index contributed by atoms with van der Waals surface area (Å²) in [5, 5.41) is 6.38. The number of nitrogens with two attached hydrogens (primary N) is 1. The number of carbonyl (C=O) groups is 1. The SMILES string of the molecule is CC(C)C(CNc1cc2c(cc1N)NC(=O)CC2)C(C)C. The van der Waals surface area contributed by atoms with Crippen molar-refractivity contribution in [1.29, 1.82) is 0 Å². The van der Waals surface area contributed by atoms with Crippen LogP contribution in [-0.4, -0.2) is 12.5 Å². The quantitative estimate of drug-likeness (QED) is 0.727. The van der Waals surface area contributed by atoms with Gasteiger partial charge in [-0.15, -0.1) is 0 Å². The number of hydrogen-bond acceptors (Lipinski definition) is 3. The van der Waals surface area contributed by atoms with Crippen molar-refractivity contribution in [3.8, 4) is 0 Å². The molecule has 0 saturated heterocycles. The maximum absolute atomic E-state index is 11.4. The maximum atomic E-state index is 11.4. The average Bonchev–Trinajstić information content (AvgIpc) is 2.38. The third kappa shape index (κ3) is 3.69. The number of carbonyl (C=O) groups excluding carboxylic acids is 1. The summed E-state index contributed by atoms with van der Waals surface area (Å²) in [5.74, 6) is 1.95. The average molecular weight is 289 g/mol. The highest BCUT2D eigenvalue weighted by Gasteiger charge is 2.19. The van der Waals surface area contributed by atoms with E-state index < -0.39 is 0 Å². The molecule has 4 N–H and O–H groups in total. The predicted octanol–water partition coefficient (Wildman–Crippen LogP) is 3.49. The van der Waals surface area contributed by atoms with Crippen LogP contribution in [0.2, 0.25) is 0 Å². The molecule has 1 amide bonds.